The van der Waals surface area contributed by atoms with E-state index in [1.807, 2.05) is 42.3 Å². The molecule has 1 aromatic carbocycles. The van der Waals surface area contributed by atoms with Crippen LogP contribution < -0.4 is 5.32 Å². The molecule has 0 aromatic heterocycles. The first-order valence-electron chi connectivity index (χ1n) is 9.73. The van der Waals surface area contributed by atoms with Gasteiger partial charge >= 0.3 is 6.03 Å². The third-order valence-corrected chi connectivity index (χ3v) is 5.30. The average molecular weight is 367 g/mol. The normalized spacial score (nSPS) is 23.8. The largest absolute Gasteiger partial charge is 0.352 e. The number of urea groups is 1. The van der Waals surface area contributed by atoms with E-state index in [4.69, 9.17) is 4.99 Å². The van der Waals surface area contributed by atoms with Crippen LogP contribution in [-0.4, -0.2) is 59.9 Å². The van der Waals surface area contributed by atoms with Gasteiger partial charge in [-0.1, -0.05) is 44.2 Å². The van der Waals surface area contributed by atoms with Crippen LogP contribution in [0.15, 0.2) is 35.3 Å². The fraction of sp³-hybridized carbons (Fsp3) is 0.571. The molecular weight excluding hydrogens is 338 g/mol. The summed E-state index contributed by atoms with van der Waals surface area (Å²) in [6.07, 6.45) is 2.38. The maximum Gasteiger partial charge on any atom is 0.320 e. The Morgan fingerprint density at radius 1 is 1.30 bits per heavy atom. The molecule has 2 unspecified atom stereocenters. The van der Waals surface area contributed by atoms with Crippen molar-refractivity contribution in [2.75, 3.05) is 26.7 Å². The van der Waals surface area contributed by atoms with E-state index in [1.54, 1.807) is 4.90 Å². The quantitative estimate of drug-likeness (QED) is 0.840. The molecule has 3 rings (SSSR count). The van der Waals surface area contributed by atoms with E-state index in [0.29, 0.717) is 18.9 Å². The molecule has 0 spiro atoms. The predicted octanol–water partition coefficient (Wildman–Crippen LogP) is 2.67. The van der Waals surface area contributed by atoms with Crippen LogP contribution in [0.25, 0.3) is 0 Å². The van der Waals surface area contributed by atoms with Gasteiger partial charge in [0.25, 0.3) is 0 Å². The zero-order valence-electron chi connectivity index (χ0n) is 16.5. The summed E-state index contributed by atoms with van der Waals surface area (Å²) in [6.45, 7) is 6.25. The smallest absolute Gasteiger partial charge is 0.320 e. The first kappa shape index (κ1) is 19.2. The van der Waals surface area contributed by atoms with Crippen LogP contribution in [0, 0.1) is 17.2 Å². The van der Waals surface area contributed by atoms with Gasteiger partial charge in [0.05, 0.1) is 18.7 Å². The number of nitrogens with zero attached hydrogens (tertiary/aromatic N) is 4. The summed E-state index contributed by atoms with van der Waals surface area (Å²) in [6, 6.07) is 12.4. The number of rotatable bonds is 6. The van der Waals surface area contributed by atoms with Gasteiger partial charge in [-0.15, -0.1) is 0 Å². The number of hydrogen-bond donors (Lipinski definition) is 1. The Labute approximate surface area is 161 Å². The van der Waals surface area contributed by atoms with Gasteiger partial charge in [-0.3, -0.25) is 4.99 Å². The first-order chi connectivity index (χ1) is 12.9. The second-order valence-corrected chi connectivity index (χ2v) is 8.08. The Hall–Kier alpha value is -2.55. The SMILES string of the molecule is CC(C)CC(C1=NCC(C#N)(Cc2ccccc2)N1)N1CCCN(C)C1=O. The van der Waals surface area contributed by atoms with Gasteiger partial charge in [0, 0.05) is 26.6 Å². The van der Waals surface area contributed by atoms with Gasteiger partial charge in [-0.25, -0.2) is 4.79 Å². The van der Waals surface area contributed by atoms with Crippen LogP contribution in [0.4, 0.5) is 4.79 Å². The molecule has 2 atom stereocenters. The molecule has 144 valence electrons. The van der Waals surface area contributed by atoms with Gasteiger partial charge in [0.1, 0.15) is 11.4 Å². The molecule has 2 aliphatic heterocycles. The molecule has 2 amide bonds. The Kier molecular flexibility index (Phi) is 5.69. The van der Waals surface area contributed by atoms with E-state index in [9.17, 15) is 10.1 Å². The summed E-state index contributed by atoms with van der Waals surface area (Å²) in [5.41, 5.74) is 0.369. The lowest BCUT2D eigenvalue weighted by molar-refractivity contribution is 0.126. The molecule has 0 bridgehead atoms. The minimum Gasteiger partial charge on any atom is -0.352 e. The molecule has 1 N–H and O–H groups in total. The highest BCUT2D eigenvalue weighted by Gasteiger charge is 2.41. The number of aliphatic imine (C=N–C) groups is 1. The summed E-state index contributed by atoms with van der Waals surface area (Å²) in [5.74, 6) is 1.20. The molecule has 0 aliphatic carbocycles. The molecule has 27 heavy (non-hydrogen) atoms. The number of hydrogen-bond acceptors (Lipinski definition) is 4. The number of nitriles is 1. The van der Waals surface area contributed by atoms with Crippen molar-refractivity contribution in [1.29, 1.82) is 5.26 Å². The van der Waals surface area contributed by atoms with E-state index >= 15 is 0 Å². The monoisotopic (exact) mass is 367 g/mol. The Bertz CT molecular complexity index is 739. The van der Waals surface area contributed by atoms with Gasteiger partial charge < -0.3 is 15.1 Å². The number of amides is 2. The molecule has 6 nitrogen and oxygen atoms in total. The summed E-state index contributed by atoms with van der Waals surface area (Å²) in [7, 11) is 1.85. The van der Waals surface area contributed by atoms with E-state index in [2.05, 4.69) is 25.2 Å². The highest BCUT2D eigenvalue weighted by atomic mass is 16.2. The van der Waals surface area contributed by atoms with Gasteiger partial charge in [-0.05, 0) is 24.3 Å². The van der Waals surface area contributed by atoms with Gasteiger partial charge in [0.2, 0.25) is 0 Å². The Morgan fingerprint density at radius 2 is 2.04 bits per heavy atom. The molecule has 6 heteroatoms. The summed E-state index contributed by atoms with van der Waals surface area (Å²) >= 11 is 0. The number of carbonyl (C=O) groups is 1. The minimum absolute atomic E-state index is 0.0499. The topological polar surface area (TPSA) is 71.7 Å². The fourth-order valence-corrected chi connectivity index (χ4v) is 3.89. The number of carbonyl (C=O) groups excluding carboxylic acids is 1. The van der Waals surface area contributed by atoms with Crippen LogP contribution in [0.1, 0.15) is 32.3 Å². The number of benzene rings is 1. The zero-order chi connectivity index (χ0) is 19.4. The van der Waals surface area contributed by atoms with E-state index in [0.717, 1.165) is 37.3 Å². The lowest BCUT2D eigenvalue weighted by Crippen LogP contribution is -2.58. The lowest BCUT2D eigenvalue weighted by Gasteiger charge is -2.39. The summed E-state index contributed by atoms with van der Waals surface area (Å²) in [4.78, 5) is 21.1. The first-order valence-corrected chi connectivity index (χ1v) is 9.73. The lowest BCUT2D eigenvalue weighted by atomic mass is 9.92. The fourth-order valence-electron chi connectivity index (χ4n) is 3.89. The maximum atomic E-state index is 12.7. The molecule has 1 saturated heterocycles. The van der Waals surface area contributed by atoms with E-state index in [-0.39, 0.29) is 12.1 Å². The summed E-state index contributed by atoms with van der Waals surface area (Å²) < 4.78 is 0. The maximum absolute atomic E-state index is 12.7. The molecular formula is C21H29N5O. The standard InChI is InChI=1S/C21H29N5O/c1-16(2)12-18(26-11-7-10-25(3)20(26)27)19-23-15-21(14-22,24-19)13-17-8-5-4-6-9-17/h4-6,8-9,16,18H,7,10-13,15H2,1-3H3,(H,23,24). The van der Waals surface area contributed by atoms with Crippen LogP contribution in [0.3, 0.4) is 0 Å². The minimum atomic E-state index is -0.739. The molecule has 1 fully saturated rings. The van der Waals surface area contributed by atoms with Crippen molar-refractivity contribution in [3.8, 4) is 6.07 Å². The zero-order valence-corrected chi connectivity index (χ0v) is 16.5. The van der Waals surface area contributed by atoms with E-state index < -0.39 is 5.54 Å². The molecule has 2 aliphatic rings. The highest BCUT2D eigenvalue weighted by Crippen LogP contribution is 2.24. The van der Waals surface area contributed by atoms with Crippen LogP contribution >= 0.6 is 0 Å². The number of amidine groups is 1. The van der Waals surface area contributed by atoms with Crippen LogP contribution in [-0.2, 0) is 6.42 Å². The Morgan fingerprint density at radius 3 is 2.70 bits per heavy atom. The van der Waals surface area contributed by atoms with Crippen molar-refractivity contribution in [2.45, 2.75) is 44.7 Å². The van der Waals surface area contributed by atoms with E-state index in [1.165, 1.54) is 0 Å². The second-order valence-electron chi connectivity index (χ2n) is 8.08. The van der Waals surface area contributed by atoms with Crippen LogP contribution in [0.5, 0.6) is 0 Å². The average Bonchev–Trinajstić information content (AvgIpc) is 3.07. The van der Waals surface area contributed by atoms with Crippen molar-refractivity contribution in [3.05, 3.63) is 35.9 Å². The summed E-state index contributed by atoms with van der Waals surface area (Å²) in [5, 5.41) is 13.3. The van der Waals surface area contributed by atoms with Crippen molar-refractivity contribution in [3.63, 3.8) is 0 Å². The third kappa shape index (κ3) is 4.24. The second kappa shape index (κ2) is 7.99. The molecule has 0 radical (unpaired) electrons. The van der Waals surface area contributed by atoms with Crippen molar-refractivity contribution in [1.82, 2.24) is 15.1 Å². The third-order valence-electron chi connectivity index (χ3n) is 5.30. The highest BCUT2D eigenvalue weighted by molar-refractivity contribution is 5.93. The van der Waals surface area contributed by atoms with Gasteiger partial charge in [-0.2, -0.15) is 5.26 Å². The van der Waals surface area contributed by atoms with Crippen molar-refractivity contribution >= 4 is 11.9 Å². The van der Waals surface area contributed by atoms with Crippen molar-refractivity contribution in [2.24, 2.45) is 10.9 Å². The van der Waals surface area contributed by atoms with Gasteiger partial charge in [0.15, 0.2) is 0 Å². The molecule has 2 heterocycles. The van der Waals surface area contributed by atoms with Crippen LogP contribution in [0.2, 0.25) is 0 Å². The molecule has 0 saturated carbocycles. The van der Waals surface area contributed by atoms with Crippen molar-refractivity contribution < 1.29 is 4.79 Å². The number of nitrogens with one attached hydrogen (secondary N) is 1. The predicted molar refractivity (Wildman–Crippen MR) is 107 cm³/mol. The Balaban J connectivity index is 1.80. The molecule has 1 aromatic rings.